The molecule has 10 nitrogen and oxygen atoms in total. The summed E-state index contributed by atoms with van der Waals surface area (Å²) < 4.78 is 1.44. The summed E-state index contributed by atoms with van der Waals surface area (Å²) in [6.45, 7) is 0. The second kappa shape index (κ2) is 13.3. The number of amides is 3. The topological polar surface area (TPSA) is 162 Å². The lowest BCUT2D eigenvalue weighted by Gasteiger charge is -2.20. The molecule has 31 heavy (non-hydrogen) atoms. The summed E-state index contributed by atoms with van der Waals surface area (Å²) in [5, 5.41) is 25.4. The third kappa shape index (κ3) is 8.66. The normalized spacial score (nSPS) is 10.3. The van der Waals surface area contributed by atoms with E-state index in [2.05, 4.69) is 16.0 Å². The van der Waals surface area contributed by atoms with Gasteiger partial charge in [0, 0.05) is 32.7 Å². The minimum atomic E-state index is -0.999. The molecule has 13 heteroatoms. The van der Waals surface area contributed by atoms with E-state index in [1.165, 1.54) is 7.05 Å². The SMILES string of the molecule is CNC(=O)c1c(I)c(NC(=O)CCCC(=O)O)c(I)c(NC(=O)CCCC(=O)O)c1I. The summed E-state index contributed by atoms with van der Waals surface area (Å²) in [4.78, 5) is 58.4. The number of halogens is 3. The summed E-state index contributed by atoms with van der Waals surface area (Å²) in [5.41, 5.74) is 0.938. The molecule has 0 unspecified atom stereocenters. The monoisotopic (exact) mass is 771 g/mol. The molecule has 0 aliphatic heterocycles. The van der Waals surface area contributed by atoms with Crippen molar-refractivity contribution in [2.45, 2.75) is 38.5 Å². The average Bonchev–Trinajstić information content (AvgIpc) is 2.67. The third-order valence-electron chi connectivity index (χ3n) is 3.89. The number of rotatable bonds is 11. The fraction of sp³-hybridized carbons (Fsp3) is 0.389. The van der Waals surface area contributed by atoms with Crippen LogP contribution in [0.5, 0.6) is 0 Å². The van der Waals surface area contributed by atoms with E-state index in [-0.39, 0.29) is 44.1 Å². The number of hydrogen-bond acceptors (Lipinski definition) is 5. The number of carboxylic acid groups (broad SMARTS) is 2. The highest BCUT2D eigenvalue weighted by Crippen LogP contribution is 2.39. The van der Waals surface area contributed by atoms with E-state index < -0.39 is 29.7 Å². The van der Waals surface area contributed by atoms with Gasteiger partial charge in [-0.3, -0.25) is 24.0 Å². The Morgan fingerprint density at radius 1 is 0.710 bits per heavy atom. The van der Waals surface area contributed by atoms with Crippen LogP contribution in [-0.4, -0.2) is 46.9 Å². The lowest BCUT2D eigenvalue weighted by molar-refractivity contribution is -0.138. The molecule has 0 aliphatic carbocycles. The molecule has 3 amide bonds. The number of carbonyl (C=O) groups is 5. The molecule has 1 rings (SSSR count). The van der Waals surface area contributed by atoms with Crippen LogP contribution in [0.25, 0.3) is 0 Å². The molecule has 170 valence electrons. The molecule has 0 aromatic heterocycles. The van der Waals surface area contributed by atoms with Gasteiger partial charge in [0.1, 0.15) is 0 Å². The second-order valence-electron chi connectivity index (χ2n) is 6.24. The molecule has 5 N–H and O–H groups in total. The molecule has 1 aromatic carbocycles. The Bertz CT molecular complexity index is 845. The highest BCUT2D eigenvalue weighted by atomic mass is 127. The van der Waals surface area contributed by atoms with E-state index in [0.29, 0.717) is 22.1 Å². The van der Waals surface area contributed by atoms with Gasteiger partial charge < -0.3 is 26.2 Å². The molecular formula is C18H20I3N3O7. The van der Waals surface area contributed by atoms with Crippen molar-refractivity contribution in [1.82, 2.24) is 5.32 Å². The summed E-state index contributed by atoms with van der Waals surface area (Å²) >= 11 is 5.82. The molecular weight excluding hydrogens is 751 g/mol. The van der Waals surface area contributed by atoms with Crippen LogP contribution in [0.1, 0.15) is 48.9 Å². The van der Waals surface area contributed by atoms with Crippen LogP contribution in [0.3, 0.4) is 0 Å². The van der Waals surface area contributed by atoms with Crippen molar-refractivity contribution in [3.8, 4) is 0 Å². The largest absolute Gasteiger partial charge is 0.481 e. The predicted octanol–water partition coefficient (Wildman–Crippen LogP) is 3.25. The van der Waals surface area contributed by atoms with Gasteiger partial charge in [-0.25, -0.2) is 0 Å². The van der Waals surface area contributed by atoms with Crippen LogP contribution in [0.2, 0.25) is 0 Å². The third-order valence-corrected chi connectivity index (χ3v) is 7.13. The molecule has 0 saturated heterocycles. The van der Waals surface area contributed by atoms with Gasteiger partial charge in [0.2, 0.25) is 11.8 Å². The van der Waals surface area contributed by atoms with Crippen molar-refractivity contribution in [3.63, 3.8) is 0 Å². The van der Waals surface area contributed by atoms with Crippen LogP contribution < -0.4 is 16.0 Å². The van der Waals surface area contributed by atoms with E-state index >= 15 is 0 Å². The van der Waals surface area contributed by atoms with Crippen LogP contribution in [-0.2, 0) is 19.2 Å². The predicted molar refractivity (Wildman–Crippen MR) is 138 cm³/mol. The fourth-order valence-corrected chi connectivity index (χ4v) is 6.61. The van der Waals surface area contributed by atoms with Crippen molar-refractivity contribution >= 4 is 109 Å². The van der Waals surface area contributed by atoms with Crippen LogP contribution in [0.15, 0.2) is 0 Å². The summed E-state index contributed by atoms with van der Waals surface area (Å²) in [6, 6.07) is 0. The maximum atomic E-state index is 12.5. The highest BCUT2D eigenvalue weighted by Gasteiger charge is 2.26. The number of carboxylic acids is 2. The first kappa shape index (κ1) is 27.8. The molecule has 0 spiro atoms. The van der Waals surface area contributed by atoms with E-state index in [4.69, 9.17) is 10.2 Å². The summed E-state index contributed by atoms with van der Waals surface area (Å²) in [7, 11) is 1.46. The van der Waals surface area contributed by atoms with Gasteiger partial charge in [-0.05, 0) is 80.6 Å². The average molecular weight is 771 g/mol. The van der Waals surface area contributed by atoms with E-state index in [1.807, 2.05) is 67.8 Å². The Labute approximate surface area is 219 Å². The van der Waals surface area contributed by atoms with Crippen LogP contribution >= 0.6 is 67.8 Å². The van der Waals surface area contributed by atoms with Gasteiger partial charge in [-0.2, -0.15) is 0 Å². The van der Waals surface area contributed by atoms with Gasteiger partial charge >= 0.3 is 11.9 Å². The van der Waals surface area contributed by atoms with Crippen molar-refractivity contribution < 1.29 is 34.2 Å². The minimum absolute atomic E-state index is 0.0172. The number of aliphatic carboxylic acids is 2. The molecule has 0 fully saturated rings. The van der Waals surface area contributed by atoms with Gasteiger partial charge in [-0.15, -0.1) is 0 Å². The van der Waals surface area contributed by atoms with Crippen molar-refractivity contribution in [3.05, 3.63) is 16.3 Å². The lowest BCUT2D eigenvalue weighted by Crippen LogP contribution is -2.25. The van der Waals surface area contributed by atoms with Crippen LogP contribution in [0, 0.1) is 10.7 Å². The zero-order valence-corrected chi connectivity index (χ0v) is 22.8. The molecule has 0 heterocycles. The zero-order valence-electron chi connectivity index (χ0n) is 16.3. The van der Waals surface area contributed by atoms with Crippen LogP contribution in [0.4, 0.5) is 11.4 Å². The van der Waals surface area contributed by atoms with Gasteiger partial charge in [0.25, 0.3) is 5.91 Å². The smallest absolute Gasteiger partial charge is 0.303 e. The number of carbonyl (C=O) groups excluding carboxylic acids is 3. The fourth-order valence-electron chi connectivity index (χ4n) is 2.41. The van der Waals surface area contributed by atoms with Crippen molar-refractivity contribution in [2.24, 2.45) is 0 Å². The summed E-state index contributed by atoms with van der Waals surface area (Å²) in [5.74, 6) is -3.24. The van der Waals surface area contributed by atoms with E-state index in [1.54, 1.807) is 0 Å². The summed E-state index contributed by atoms with van der Waals surface area (Å²) in [6.07, 6.45) is 0.000466. The number of nitrogens with one attached hydrogen (secondary N) is 3. The Morgan fingerprint density at radius 3 is 1.42 bits per heavy atom. The molecule has 0 atom stereocenters. The highest BCUT2D eigenvalue weighted by molar-refractivity contribution is 14.1. The molecule has 1 aromatic rings. The molecule has 0 aliphatic rings. The Morgan fingerprint density at radius 2 is 1.10 bits per heavy atom. The first-order chi connectivity index (χ1) is 14.5. The maximum absolute atomic E-state index is 12.5. The molecule has 0 radical (unpaired) electrons. The molecule has 0 saturated carbocycles. The van der Waals surface area contributed by atoms with Gasteiger partial charge in [0.15, 0.2) is 0 Å². The van der Waals surface area contributed by atoms with E-state index in [0.717, 1.165) is 0 Å². The van der Waals surface area contributed by atoms with Gasteiger partial charge in [0.05, 0.1) is 27.6 Å². The minimum Gasteiger partial charge on any atom is -0.481 e. The molecule has 0 bridgehead atoms. The first-order valence-electron chi connectivity index (χ1n) is 8.95. The Balaban J connectivity index is 3.24. The quantitative estimate of drug-likeness (QED) is 0.216. The number of benzene rings is 1. The van der Waals surface area contributed by atoms with E-state index in [9.17, 15) is 24.0 Å². The number of anilines is 2. The zero-order chi connectivity index (χ0) is 23.7. The standard InChI is InChI=1S/C18H20I3N3O7/c1-22-18(31)12-13(19)16(23-8(25)4-2-6-10(27)28)15(21)17(14(12)20)24-9(26)5-3-7-11(29)30/h2-7H2,1H3,(H,22,31)(H,23,25)(H,24,26)(H,27,28)(H,29,30). The lowest BCUT2D eigenvalue weighted by atomic mass is 10.1. The van der Waals surface area contributed by atoms with Crippen molar-refractivity contribution in [1.29, 1.82) is 0 Å². The van der Waals surface area contributed by atoms with Crippen molar-refractivity contribution in [2.75, 3.05) is 17.7 Å². The number of hydrogen-bond donors (Lipinski definition) is 5. The Kier molecular flexibility index (Phi) is 12.0. The Hall–Kier alpha value is -1.24. The first-order valence-corrected chi connectivity index (χ1v) is 12.2. The van der Waals surface area contributed by atoms with Gasteiger partial charge in [-0.1, -0.05) is 0 Å². The maximum Gasteiger partial charge on any atom is 0.303 e. The second-order valence-corrected chi connectivity index (χ2v) is 9.47.